The zero-order valence-electron chi connectivity index (χ0n) is 16.4. The molecule has 8 nitrogen and oxygen atoms in total. The molecule has 1 spiro atoms. The van der Waals surface area contributed by atoms with Crippen molar-refractivity contribution < 1.29 is 0 Å². The molecule has 1 aliphatic carbocycles. The van der Waals surface area contributed by atoms with Gasteiger partial charge in [0.25, 0.3) is 0 Å². The molecule has 0 amide bonds. The van der Waals surface area contributed by atoms with Crippen LogP contribution in [0.4, 0.5) is 17.5 Å². The molecule has 1 fully saturated rings. The van der Waals surface area contributed by atoms with Crippen molar-refractivity contribution in [2.45, 2.75) is 35.2 Å². The number of fused-ring (bicyclic) bond motifs is 1. The number of piperidine rings is 1. The third kappa shape index (κ3) is 3.70. The van der Waals surface area contributed by atoms with Gasteiger partial charge in [-0.2, -0.15) is 0 Å². The van der Waals surface area contributed by atoms with Crippen LogP contribution in [0.2, 0.25) is 9.49 Å². The van der Waals surface area contributed by atoms with E-state index < -0.39 is 0 Å². The number of halogens is 2. The smallest absolute Gasteiger partial charge is 0.184 e. The molecular formula is C19H20Cl2N8S2. The third-order valence-electron chi connectivity index (χ3n) is 6.09. The molecule has 0 saturated carbocycles. The van der Waals surface area contributed by atoms with E-state index in [1.54, 1.807) is 29.8 Å². The predicted molar refractivity (Wildman–Crippen MR) is 126 cm³/mol. The lowest BCUT2D eigenvalue weighted by atomic mass is 9.73. The standard InChI is InChI=1S/C19H20Cl2N8S2/c20-12-9(1-4-25-15(12)23)30-17-16(24)27-11(8-26-17)29-5-2-19(3-6-29)7-10-13(14(19)22)28-18(21)31-10/h1,4,8,14H,2-3,5-7,22H2,(H2,23,25)(H2,24,27)/t14-/m1/s1. The van der Waals surface area contributed by atoms with E-state index in [2.05, 4.69) is 24.8 Å². The van der Waals surface area contributed by atoms with Crippen LogP contribution in [0.3, 0.4) is 0 Å². The quantitative estimate of drug-likeness (QED) is 0.496. The Balaban J connectivity index is 1.29. The van der Waals surface area contributed by atoms with Crippen molar-refractivity contribution in [3.8, 4) is 0 Å². The highest BCUT2D eigenvalue weighted by Gasteiger charge is 2.48. The van der Waals surface area contributed by atoms with E-state index in [1.165, 1.54) is 16.6 Å². The van der Waals surface area contributed by atoms with Gasteiger partial charge in [0.2, 0.25) is 0 Å². The van der Waals surface area contributed by atoms with Crippen LogP contribution >= 0.6 is 46.3 Å². The fourth-order valence-corrected chi connectivity index (χ4v) is 6.70. The first-order valence-corrected chi connectivity index (χ1v) is 12.1. The van der Waals surface area contributed by atoms with Crippen LogP contribution in [0.25, 0.3) is 0 Å². The fraction of sp³-hybridized carbons (Fsp3) is 0.368. The highest BCUT2D eigenvalue weighted by molar-refractivity contribution is 7.99. The monoisotopic (exact) mass is 494 g/mol. The van der Waals surface area contributed by atoms with Crippen molar-refractivity contribution in [2.75, 3.05) is 29.5 Å². The Morgan fingerprint density at radius 3 is 2.61 bits per heavy atom. The molecule has 162 valence electrons. The zero-order valence-corrected chi connectivity index (χ0v) is 19.5. The van der Waals surface area contributed by atoms with Gasteiger partial charge < -0.3 is 22.1 Å². The molecule has 0 aromatic carbocycles. The zero-order chi connectivity index (χ0) is 21.8. The van der Waals surface area contributed by atoms with E-state index in [1.807, 2.05) is 0 Å². The molecule has 31 heavy (non-hydrogen) atoms. The van der Waals surface area contributed by atoms with Gasteiger partial charge >= 0.3 is 0 Å². The molecule has 4 heterocycles. The Kier molecular flexibility index (Phi) is 5.38. The summed E-state index contributed by atoms with van der Waals surface area (Å²) < 4.78 is 0.576. The molecule has 1 saturated heterocycles. The van der Waals surface area contributed by atoms with E-state index in [4.69, 9.17) is 40.4 Å². The number of nitrogen functional groups attached to an aromatic ring is 2. The molecule has 0 unspecified atom stereocenters. The van der Waals surface area contributed by atoms with E-state index in [0.29, 0.717) is 20.3 Å². The molecule has 12 heteroatoms. The van der Waals surface area contributed by atoms with Crippen molar-refractivity contribution >= 4 is 63.8 Å². The average Bonchev–Trinajstić information content (AvgIpc) is 3.22. The van der Waals surface area contributed by atoms with Gasteiger partial charge in [-0.25, -0.2) is 19.9 Å². The Morgan fingerprint density at radius 2 is 1.90 bits per heavy atom. The summed E-state index contributed by atoms with van der Waals surface area (Å²) in [6.07, 6.45) is 6.21. The number of thiazole rings is 1. The van der Waals surface area contributed by atoms with Gasteiger partial charge in [-0.15, -0.1) is 11.3 Å². The first-order valence-electron chi connectivity index (χ1n) is 9.72. The summed E-state index contributed by atoms with van der Waals surface area (Å²) in [4.78, 5) is 21.7. The molecule has 5 rings (SSSR count). The van der Waals surface area contributed by atoms with Crippen molar-refractivity contribution in [1.82, 2.24) is 19.9 Å². The van der Waals surface area contributed by atoms with E-state index in [-0.39, 0.29) is 17.3 Å². The Hall–Kier alpha value is -1.85. The first-order chi connectivity index (χ1) is 14.9. The van der Waals surface area contributed by atoms with Gasteiger partial charge in [0, 0.05) is 29.1 Å². The SMILES string of the molecule is Nc1nc(N2CCC3(CC2)Cc2sc(Cl)nc2[C@H]3N)cnc1Sc1ccnc(N)c1Cl. The van der Waals surface area contributed by atoms with E-state index in [0.717, 1.165) is 48.8 Å². The lowest BCUT2D eigenvalue weighted by Gasteiger charge is -2.42. The lowest BCUT2D eigenvalue weighted by molar-refractivity contribution is 0.186. The Morgan fingerprint density at radius 1 is 1.13 bits per heavy atom. The van der Waals surface area contributed by atoms with E-state index in [9.17, 15) is 0 Å². The molecule has 2 aliphatic rings. The highest BCUT2D eigenvalue weighted by Crippen LogP contribution is 2.52. The fourth-order valence-electron chi connectivity index (χ4n) is 4.33. The number of nitrogens with two attached hydrogens (primary N) is 3. The van der Waals surface area contributed by atoms with Crippen LogP contribution in [-0.4, -0.2) is 33.0 Å². The molecule has 6 N–H and O–H groups in total. The summed E-state index contributed by atoms with van der Waals surface area (Å²) in [5.41, 5.74) is 19.6. The minimum Gasteiger partial charge on any atom is -0.382 e. The minimum absolute atomic E-state index is 0.0437. The Bertz CT molecular complexity index is 1150. The maximum Gasteiger partial charge on any atom is 0.184 e. The maximum absolute atomic E-state index is 6.59. The van der Waals surface area contributed by atoms with Crippen LogP contribution in [0, 0.1) is 5.41 Å². The Labute approximate surface area is 197 Å². The second-order valence-corrected chi connectivity index (χ2v) is 10.9. The minimum atomic E-state index is -0.0686. The van der Waals surface area contributed by atoms with E-state index >= 15 is 0 Å². The van der Waals surface area contributed by atoms with Crippen LogP contribution < -0.4 is 22.1 Å². The van der Waals surface area contributed by atoms with Gasteiger partial charge in [0.15, 0.2) is 10.3 Å². The van der Waals surface area contributed by atoms with Gasteiger partial charge in [-0.05, 0) is 30.7 Å². The third-order valence-corrected chi connectivity index (χ3v) is 8.84. The van der Waals surface area contributed by atoms with Crippen molar-refractivity contribution in [3.63, 3.8) is 0 Å². The number of rotatable bonds is 3. The van der Waals surface area contributed by atoms with Gasteiger partial charge in [0.1, 0.15) is 16.7 Å². The molecule has 3 aromatic heterocycles. The molecular weight excluding hydrogens is 475 g/mol. The molecule has 0 radical (unpaired) electrons. The summed E-state index contributed by atoms with van der Waals surface area (Å²) in [7, 11) is 0. The van der Waals surface area contributed by atoms with Gasteiger partial charge in [-0.3, -0.25) is 0 Å². The maximum atomic E-state index is 6.59. The summed E-state index contributed by atoms with van der Waals surface area (Å²) >= 11 is 15.2. The molecule has 1 atom stereocenters. The lowest BCUT2D eigenvalue weighted by Crippen LogP contribution is -2.44. The highest BCUT2D eigenvalue weighted by atomic mass is 35.5. The van der Waals surface area contributed by atoms with Gasteiger partial charge in [0.05, 0.1) is 23.0 Å². The van der Waals surface area contributed by atoms with Crippen molar-refractivity contribution in [2.24, 2.45) is 11.1 Å². The molecule has 0 bridgehead atoms. The average molecular weight is 495 g/mol. The first kappa shape index (κ1) is 21.0. The predicted octanol–water partition coefficient (Wildman–Crippen LogP) is 3.79. The number of anilines is 3. The van der Waals surface area contributed by atoms with Crippen LogP contribution in [0.1, 0.15) is 29.5 Å². The number of aromatic nitrogens is 4. The topological polar surface area (TPSA) is 133 Å². The molecule has 1 aliphatic heterocycles. The molecule has 3 aromatic rings. The largest absolute Gasteiger partial charge is 0.382 e. The second kappa shape index (κ2) is 7.93. The van der Waals surface area contributed by atoms with Gasteiger partial charge in [-0.1, -0.05) is 35.0 Å². The summed E-state index contributed by atoms with van der Waals surface area (Å²) in [5.74, 6) is 1.39. The summed E-state index contributed by atoms with van der Waals surface area (Å²) in [6, 6.07) is 1.70. The van der Waals surface area contributed by atoms with Crippen LogP contribution in [0.5, 0.6) is 0 Å². The summed E-state index contributed by atoms with van der Waals surface area (Å²) in [5, 5.41) is 0.964. The number of pyridine rings is 1. The van der Waals surface area contributed by atoms with Crippen molar-refractivity contribution in [1.29, 1.82) is 0 Å². The second-order valence-electron chi connectivity index (χ2n) is 7.81. The normalized spacial score (nSPS) is 19.7. The van der Waals surface area contributed by atoms with Crippen molar-refractivity contribution in [3.05, 3.63) is 38.5 Å². The van der Waals surface area contributed by atoms with Crippen LogP contribution in [0.15, 0.2) is 28.4 Å². The number of nitrogens with zero attached hydrogens (tertiary/aromatic N) is 5. The number of hydrogen-bond acceptors (Lipinski definition) is 10. The van der Waals surface area contributed by atoms with Crippen LogP contribution in [-0.2, 0) is 6.42 Å². The number of hydrogen-bond donors (Lipinski definition) is 3. The summed E-state index contributed by atoms with van der Waals surface area (Å²) in [6.45, 7) is 1.67.